The van der Waals surface area contributed by atoms with Gasteiger partial charge in [0, 0.05) is 35.1 Å². The van der Waals surface area contributed by atoms with E-state index in [9.17, 15) is 30.6 Å². The molecule has 3 atom stereocenters. The van der Waals surface area contributed by atoms with Crippen molar-refractivity contribution >= 4 is 0 Å². The van der Waals surface area contributed by atoms with Crippen LogP contribution in [0, 0.1) is 6.92 Å². The molecular formula is C30H30O6. The van der Waals surface area contributed by atoms with E-state index in [0.717, 1.165) is 11.1 Å². The Morgan fingerprint density at radius 1 is 0.528 bits per heavy atom. The second-order valence-electron chi connectivity index (χ2n) is 9.33. The molecule has 6 nitrogen and oxygen atoms in total. The molecule has 0 aromatic heterocycles. The van der Waals surface area contributed by atoms with Crippen molar-refractivity contribution in [3.8, 4) is 34.5 Å². The summed E-state index contributed by atoms with van der Waals surface area (Å²) < 4.78 is 0. The molecule has 0 saturated heterocycles. The molecule has 0 aliphatic heterocycles. The fraction of sp³-hybridized carbons (Fsp3) is 0.200. The largest absolute Gasteiger partial charge is 0.508 e. The van der Waals surface area contributed by atoms with Crippen molar-refractivity contribution in [2.75, 3.05) is 0 Å². The first-order chi connectivity index (χ1) is 17.1. The number of aryl methyl sites for hydroxylation is 1. The first kappa shape index (κ1) is 24.8. The van der Waals surface area contributed by atoms with Gasteiger partial charge in [0.05, 0.1) is 0 Å². The topological polar surface area (TPSA) is 121 Å². The smallest absolute Gasteiger partial charge is 0.123 e. The van der Waals surface area contributed by atoms with Crippen LogP contribution in [0.4, 0.5) is 0 Å². The minimum atomic E-state index is -0.446. The number of aromatic hydroxyl groups is 6. The number of phenols is 6. The van der Waals surface area contributed by atoms with Gasteiger partial charge in [0.25, 0.3) is 0 Å². The van der Waals surface area contributed by atoms with Gasteiger partial charge in [-0.15, -0.1) is 0 Å². The Balaban J connectivity index is 1.94. The maximum atomic E-state index is 11.0. The zero-order valence-electron chi connectivity index (χ0n) is 20.3. The van der Waals surface area contributed by atoms with E-state index in [1.54, 1.807) is 67.6 Å². The van der Waals surface area contributed by atoms with Crippen LogP contribution in [0.25, 0.3) is 0 Å². The first-order valence-corrected chi connectivity index (χ1v) is 11.7. The molecule has 0 spiro atoms. The second kappa shape index (κ2) is 9.74. The highest BCUT2D eigenvalue weighted by molar-refractivity contribution is 5.56. The Labute approximate surface area is 210 Å². The van der Waals surface area contributed by atoms with Crippen molar-refractivity contribution in [3.05, 3.63) is 106 Å². The summed E-state index contributed by atoms with van der Waals surface area (Å²) in [6.45, 7) is 5.69. The summed E-state index contributed by atoms with van der Waals surface area (Å²) in [5.74, 6) is -1.13. The molecule has 0 bridgehead atoms. The van der Waals surface area contributed by atoms with Crippen LogP contribution in [0.1, 0.15) is 65.0 Å². The van der Waals surface area contributed by atoms with Gasteiger partial charge in [0.2, 0.25) is 0 Å². The van der Waals surface area contributed by atoms with Gasteiger partial charge in [0.15, 0.2) is 0 Å². The molecule has 0 aliphatic rings. The van der Waals surface area contributed by atoms with Crippen molar-refractivity contribution in [2.24, 2.45) is 0 Å². The first-order valence-electron chi connectivity index (χ1n) is 11.7. The maximum absolute atomic E-state index is 11.0. The molecule has 36 heavy (non-hydrogen) atoms. The van der Waals surface area contributed by atoms with E-state index in [-0.39, 0.29) is 46.3 Å². The van der Waals surface area contributed by atoms with Crippen LogP contribution in [0.5, 0.6) is 34.5 Å². The summed E-state index contributed by atoms with van der Waals surface area (Å²) in [6, 6.07) is 19.2. The Kier molecular flexibility index (Phi) is 6.71. The highest BCUT2D eigenvalue weighted by Crippen LogP contribution is 2.49. The van der Waals surface area contributed by atoms with Crippen molar-refractivity contribution < 1.29 is 30.6 Å². The molecule has 0 unspecified atom stereocenters. The molecule has 6 heteroatoms. The van der Waals surface area contributed by atoms with Crippen LogP contribution in [0.15, 0.2) is 72.8 Å². The van der Waals surface area contributed by atoms with Crippen LogP contribution in [0.2, 0.25) is 0 Å². The van der Waals surface area contributed by atoms with Crippen LogP contribution in [0.3, 0.4) is 0 Å². The molecule has 186 valence electrons. The summed E-state index contributed by atoms with van der Waals surface area (Å²) in [5.41, 5.74) is 4.23. The maximum Gasteiger partial charge on any atom is 0.123 e. The lowest BCUT2D eigenvalue weighted by atomic mass is 9.73. The average molecular weight is 487 g/mol. The van der Waals surface area contributed by atoms with E-state index in [1.807, 2.05) is 13.8 Å². The molecule has 0 aliphatic carbocycles. The third-order valence-electron chi connectivity index (χ3n) is 6.90. The zero-order chi connectivity index (χ0) is 26.1. The average Bonchev–Trinajstić information content (AvgIpc) is 2.81. The third kappa shape index (κ3) is 4.75. The molecule has 4 aromatic rings. The predicted molar refractivity (Wildman–Crippen MR) is 138 cm³/mol. The fourth-order valence-corrected chi connectivity index (χ4v) is 5.15. The Morgan fingerprint density at radius 2 is 1.00 bits per heavy atom. The third-order valence-corrected chi connectivity index (χ3v) is 6.90. The summed E-state index contributed by atoms with van der Waals surface area (Å²) in [5, 5.41) is 62.0. The number of benzene rings is 4. The number of hydrogen-bond acceptors (Lipinski definition) is 6. The zero-order valence-corrected chi connectivity index (χ0v) is 20.3. The normalized spacial score (nSPS) is 13.8. The highest BCUT2D eigenvalue weighted by atomic mass is 16.3. The van der Waals surface area contributed by atoms with Gasteiger partial charge in [-0.05, 0) is 71.5 Å². The molecular weight excluding hydrogens is 456 g/mol. The minimum absolute atomic E-state index is 0.0532. The predicted octanol–water partition coefficient (Wildman–Crippen LogP) is 6.32. The van der Waals surface area contributed by atoms with Gasteiger partial charge in [-0.25, -0.2) is 0 Å². The monoisotopic (exact) mass is 486 g/mol. The lowest BCUT2D eigenvalue weighted by molar-refractivity contribution is 0.435. The van der Waals surface area contributed by atoms with E-state index in [1.165, 1.54) is 12.1 Å². The summed E-state index contributed by atoms with van der Waals surface area (Å²) >= 11 is 0. The lowest BCUT2D eigenvalue weighted by Crippen LogP contribution is -2.15. The molecule has 4 rings (SSSR count). The lowest BCUT2D eigenvalue weighted by Gasteiger charge is -2.31. The molecule has 0 radical (unpaired) electrons. The Hall–Kier alpha value is -4.32. The van der Waals surface area contributed by atoms with E-state index < -0.39 is 5.92 Å². The molecule has 0 saturated carbocycles. The van der Waals surface area contributed by atoms with Crippen molar-refractivity contribution in [2.45, 2.75) is 38.5 Å². The van der Waals surface area contributed by atoms with Crippen LogP contribution in [-0.2, 0) is 0 Å². The van der Waals surface area contributed by atoms with Crippen LogP contribution < -0.4 is 0 Å². The number of phenolic OH excluding ortho intramolecular Hbond substituents is 6. The summed E-state index contributed by atoms with van der Waals surface area (Å²) in [6.07, 6.45) is 0. The van der Waals surface area contributed by atoms with Gasteiger partial charge >= 0.3 is 0 Å². The molecule has 0 amide bonds. The summed E-state index contributed by atoms with van der Waals surface area (Å²) in [4.78, 5) is 0. The van der Waals surface area contributed by atoms with Gasteiger partial charge < -0.3 is 30.6 Å². The summed E-state index contributed by atoms with van der Waals surface area (Å²) in [7, 11) is 0. The minimum Gasteiger partial charge on any atom is -0.508 e. The van der Waals surface area contributed by atoms with Gasteiger partial charge in [-0.1, -0.05) is 38.1 Å². The fourth-order valence-electron chi connectivity index (χ4n) is 5.15. The van der Waals surface area contributed by atoms with E-state index in [0.29, 0.717) is 22.3 Å². The molecule has 6 N–H and O–H groups in total. The van der Waals surface area contributed by atoms with Crippen molar-refractivity contribution in [1.29, 1.82) is 0 Å². The number of hydrogen-bond donors (Lipinski definition) is 6. The quantitative estimate of drug-likeness (QED) is 0.190. The highest BCUT2D eigenvalue weighted by Gasteiger charge is 2.31. The Morgan fingerprint density at radius 3 is 1.53 bits per heavy atom. The second-order valence-corrected chi connectivity index (χ2v) is 9.33. The van der Waals surface area contributed by atoms with Gasteiger partial charge in [0.1, 0.15) is 34.5 Å². The van der Waals surface area contributed by atoms with Gasteiger partial charge in [-0.3, -0.25) is 0 Å². The molecule has 0 fully saturated rings. The molecule has 4 aromatic carbocycles. The van der Waals surface area contributed by atoms with Crippen molar-refractivity contribution in [1.82, 2.24) is 0 Å². The van der Waals surface area contributed by atoms with E-state index >= 15 is 0 Å². The Bertz CT molecular complexity index is 1350. The van der Waals surface area contributed by atoms with Crippen LogP contribution in [-0.4, -0.2) is 30.6 Å². The number of rotatable bonds is 6. The van der Waals surface area contributed by atoms with Crippen LogP contribution >= 0.6 is 0 Å². The van der Waals surface area contributed by atoms with Gasteiger partial charge in [-0.2, -0.15) is 0 Å². The van der Waals surface area contributed by atoms with E-state index in [2.05, 4.69) is 0 Å². The van der Waals surface area contributed by atoms with Crippen molar-refractivity contribution in [3.63, 3.8) is 0 Å². The standard InChI is InChI=1S/C30H30O6/c1-16-12-23(33)14-26(35)28(16)29(20-6-10-22(32)11-7-20)18(3)25-13-24(34)15-27(36)30(25)17(2)19-4-8-21(31)9-5-19/h4-15,17-18,29,31-36H,1-3H3/t17-,18+,29-/m1/s1. The SMILES string of the molecule is Cc1cc(O)cc(O)c1[C@@H](c1ccc(O)cc1)[C@@H](C)c1cc(O)cc(O)c1[C@H](C)c1ccc(O)cc1. The van der Waals surface area contributed by atoms with E-state index in [4.69, 9.17) is 0 Å². The molecule has 0 heterocycles.